The normalized spacial score (nSPS) is 10.2. The van der Waals surface area contributed by atoms with Gasteiger partial charge in [-0.25, -0.2) is 0 Å². The van der Waals surface area contributed by atoms with Crippen LogP contribution in [0.4, 0.5) is 17.3 Å². The molecular formula is C6H9BF4Se. The largest absolute Gasteiger partial charge is 0.673 e. The van der Waals surface area contributed by atoms with Crippen molar-refractivity contribution in [2.24, 2.45) is 5.92 Å². The molecule has 0 aromatic heterocycles. The standard InChI is InChI=1S/C6H9Se.BF4/c1-3-6(4-2)5-7;2-1(3,4)5/h3-4,6H,1-2,5H2;/q+1;-1. The third-order valence-electron chi connectivity index (χ3n) is 0.798. The van der Waals surface area contributed by atoms with Crippen LogP contribution in [-0.2, 0) is 0 Å². The minimum Gasteiger partial charge on any atom is -0.418 e. The second kappa shape index (κ2) is 7.43. The van der Waals surface area contributed by atoms with Gasteiger partial charge in [-0.3, -0.25) is 0 Å². The molecule has 0 amide bonds. The molecular weight excluding hydrogens is 238 g/mol. The molecule has 0 fully saturated rings. The van der Waals surface area contributed by atoms with E-state index in [0.717, 1.165) is 5.32 Å². The van der Waals surface area contributed by atoms with Crippen molar-refractivity contribution in [3.8, 4) is 0 Å². The SMILES string of the molecule is C=CC(C=C)C[Se+].F[B-](F)(F)F. The summed E-state index contributed by atoms with van der Waals surface area (Å²) in [4.78, 5) is 0. The molecule has 0 N–H and O–H groups in total. The Kier molecular flexibility index (Phi) is 8.87. The second-order valence-electron chi connectivity index (χ2n) is 1.80. The Hall–Kier alpha value is -0.216. The molecule has 0 aromatic rings. The van der Waals surface area contributed by atoms with Crippen LogP contribution < -0.4 is 0 Å². The fraction of sp³-hybridized carbons (Fsp3) is 0.333. The van der Waals surface area contributed by atoms with Crippen LogP contribution in [0.25, 0.3) is 0 Å². The molecule has 0 aromatic carbocycles. The Balaban J connectivity index is 0. The van der Waals surface area contributed by atoms with Crippen LogP contribution in [0, 0.1) is 5.92 Å². The Morgan fingerprint density at radius 3 is 1.42 bits per heavy atom. The van der Waals surface area contributed by atoms with Gasteiger partial charge < -0.3 is 17.3 Å². The molecule has 70 valence electrons. The summed E-state index contributed by atoms with van der Waals surface area (Å²) >= 11 is 2.90. The van der Waals surface area contributed by atoms with E-state index in [1.165, 1.54) is 0 Å². The molecule has 0 aliphatic rings. The van der Waals surface area contributed by atoms with Gasteiger partial charge in [0.1, 0.15) is 0 Å². The summed E-state index contributed by atoms with van der Waals surface area (Å²) < 4.78 is 39.0. The van der Waals surface area contributed by atoms with Crippen molar-refractivity contribution < 1.29 is 17.3 Å². The molecule has 0 bridgehead atoms. The van der Waals surface area contributed by atoms with Crippen molar-refractivity contribution in [1.82, 2.24) is 0 Å². The van der Waals surface area contributed by atoms with Crippen LogP contribution in [0.5, 0.6) is 0 Å². The molecule has 2 radical (unpaired) electrons. The first-order valence-electron chi connectivity index (χ1n) is 3.05. The minimum atomic E-state index is -6.00. The molecule has 0 heterocycles. The van der Waals surface area contributed by atoms with Crippen LogP contribution in [0.3, 0.4) is 0 Å². The zero-order chi connectivity index (χ0) is 10.2. The van der Waals surface area contributed by atoms with Gasteiger partial charge in [-0.15, -0.1) is 0 Å². The van der Waals surface area contributed by atoms with Gasteiger partial charge in [0.15, 0.2) is 0 Å². The molecule has 0 aliphatic heterocycles. The van der Waals surface area contributed by atoms with Crippen LogP contribution in [0.15, 0.2) is 25.3 Å². The van der Waals surface area contributed by atoms with E-state index in [0.29, 0.717) is 5.92 Å². The summed E-state index contributed by atoms with van der Waals surface area (Å²) in [7, 11) is -6.00. The van der Waals surface area contributed by atoms with Crippen LogP contribution in [0.2, 0.25) is 5.32 Å². The predicted molar refractivity (Wildman–Crippen MR) is 44.6 cm³/mol. The van der Waals surface area contributed by atoms with E-state index >= 15 is 0 Å². The van der Waals surface area contributed by atoms with E-state index in [1.54, 1.807) is 0 Å². The van der Waals surface area contributed by atoms with Gasteiger partial charge >= 0.3 is 59.8 Å². The van der Waals surface area contributed by atoms with Gasteiger partial charge in [0.25, 0.3) is 0 Å². The number of halogens is 4. The summed E-state index contributed by atoms with van der Waals surface area (Å²) in [5.74, 6) is 0.458. The van der Waals surface area contributed by atoms with Crippen LogP contribution in [0.1, 0.15) is 0 Å². The molecule has 0 unspecified atom stereocenters. The van der Waals surface area contributed by atoms with E-state index in [4.69, 9.17) is 0 Å². The molecule has 0 rings (SSSR count). The molecule has 0 saturated carbocycles. The fourth-order valence-electron chi connectivity index (χ4n) is 0.232. The third kappa shape index (κ3) is 22.6. The van der Waals surface area contributed by atoms with Crippen molar-refractivity contribution >= 4 is 23.3 Å². The average Bonchev–Trinajstić information content (AvgIpc) is 1.88. The van der Waals surface area contributed by atoms with Crippen LogP contribution >= 0.6 is 0 Å². The third-order valence-corrected chi connectivity index (χ3v) is 1.61. The van der Waals surface area contributed by atoms with Crippen molar-refractivity contribution in [3.63, 3.8) is 0 Å². The number of rotatable bonds is 3. The monoisotopic (exact) mass is 248 g/mol. The van der Waals surface area contributed by atoms with Gasteiger partial charge in [0.05, 0.1) is 0 Å². The molecule has 0 atom stereocenters. The maximum atomic E-state index is 9.75. The quantitative estimate of drug-likeness (QED) is 0.408. The summed E-state index contributed by atoms with van der Waals surface area (Å²) in [6.07, 6.45) is 3.76. The number of allylic oxidation sites excluding steroid dienone is 2. The zero-order valence-electron chi connectivity index (χ0n) is 6.35. The average molecular weight is 247 g/mol. The Labute approximate surface area is 77.6 Å². The van der Waals surface area contributed by atoms with Crippen molar-refractivity contribution in [3.05, 3.63) is 25.3 Å². The number of hydrogen-bond acceptors (Lipinski definition) is 0. The van der Waals surface area contributed by atoms with Crippen molar-refractivity contribution in [2.75, 3.05) is 0 Å². The first-order valence-corrected chi connectivity index (χ1v) is 4.26. The molecule has 0 nitrogen and oxygen atoms in total. The first-order chi connectivity index (χ1) is 5.35. The summed E-state index contributed by atoms with van der Waals surface area (Å²) in [6.45, 7) is 7.22. The maximum absolute atomic E-state index is 9.75. The Morgan fingerprint density at radius 2 is 1.42 bits per heavy atom. The smallest absolute Gasteiger partial charge is 0.418 e. The maximum Gasteiger partial charge on any atom is 0.673 e. The van der Waals surface area contributed by atoms with E-state index in [2.05, 4.69) is 29.2 Å². The van der Waals surface area contributed by atoms with E-state index in [9.17, 15) is 17.3 Å². The molecule has 6 heteroatoms. The van der Waals surface area contributed by atoms with Crippen molar-refractivity contribution in [1.29, 1.82) is 0 Å². The fourth-order valence-corrected chi connectivity index (χ4v) is 0.803. The zero-order valence-corrected chi connectivity index (χ0v) is 8.06. The van der Waals surface area contributed by atoms with E-state index in [-0.39, 0.29) is 0 Å². The van der Waals surface area contributed by atoms with E-state index in [1.807, 2.05) is 12.2 Å². The topological polar surface area (TPSA) is 0 Å². The van der Waals surface area contributed by atoms with Gasteiger partial charge in [-0.1, -0.05) is 0 Å². The van der Waals surface area contributed by atoms with Crippen molar-refractivity contribution in [2.45, 2.75) is 5.32 Å². The Bertz CT molecular complexity index is 120. The molecule has 0 saturated heterocycles. The van der Waals surface area contributed by atoms with Crippen LogP contribution in [-0.4, -0.2) is 23.3 Å². The molecule has 0 aliphatic carbocycles. The Morgan fingerprint density at radius 1 is 1.17 bits per heavy atom. The number of hydrogen-bond donors (Lipinski definition) is 0. The van der Waals surface area contributed by atoms with Gasteiger partial charge in [-0.05, 0) is 0 Å². The van der Waals surface area contributed by atoms with Gasteiger partial charge in [0, 0.05) is 0 Å². The first kappa shape index (κ1) is 14.3. The predicted octanol–water partition coefficient (Wildman–Crippen LogP) is 2.86. The summed E-state index contributed by atoms with van der Waals surface area (Å²) in [5, 5.41) is 0.993. The second-order valence-corrected chi connectivity index (χ2v) is 2.50. The van der Waals surface area contributed by atoms with Gasteiger partial charge in [-0.2, -0.15) is 0 Å². The summed E-state index contributed by atoms with van der Waals surface area (Å²) in [5.41, 5.74) is 0. The molecule has 0 spiro atoms. The van der Waals surface area contributed by atoms with Gasteiger partial charge in [0.2, 0.25) is 0 Å². The summed E-state index contributed by atoms with van der Waals surface area (Å²) in [6, 6.07) is 0. The molecule has 12 heavy (non-hydrogen) atoms. The minimum absolute atomic E-state index is 0.458. The van der Waals surface area contributed by atoms with E-state index < -0.39 is 7.25 Å².